The van der Waals surface area contributed by atoms with Crippen molar-refractivity contribution in [2.45, 2.75) is 18.6 Å². The number of nitrogen functional groups attached to an aromatic ring is 1. The summed E-state index contributed by atoms with van der Waals surface area (Å²) in [4.78, 5) is 11.5. The molecule has 0 saturated carbocycles. The molecule has 0 spiro atoms. The van der Waals surface area contributed by atoms with Crippen LogP contribution >= 0.6 is 11.8 Å². The monoisotopic (exact) mass is 268 g/mol. The SMILES string of the molecule is CSC(C)CCNC(=O)COc1ccccc1N. The molecule has 1 unspecified atom stereocenters. The second-order valence-electron chi connectivity index (χ2n) is 4.01. The molecule has 4 nitrogen and oxygen atoms in total. The molecule has 0 aliphatic carbocycles. The van der Waals surface area contributed by atoms with E-state index in [9.17, 15) is 4.79 Å². The molecular weight excluding hydrogens is 248 g/mol. The Morgan fingerprint density at radius 1 is 1.50 bits per heavy atom. The molecule has 0 fully saturated rings. The second-order valence-corrected chi connectivity index (χ2v) is 5.29. The standard InChI is InChI=1S/C13H20N2O2S/c1-10(18-2)7-8-15-13(16)9-17-12-6-4-3-5-11(12)14/h3-6,10H,7-9,14H2,1-2H3,(H,15,16). The Balaban J connectivity index is 2.23. The summed E-state index contributed by atoms with van der Waals surface area (Å²) in [5.74, 6) is 0.427. The van der Waals surface area contributed by atoms with Crippen molar-refractivity contribution in [3.05, 3.63) is 24.3 Å². The Hall–Kier alpha value is -1.36. The molecule has 0 bridgehead atoms. The molecule has 0 aliphatic rings. The zero-order chi connectivity index (χ0) is 13.4. The van der Waals surface area contributed by atoms with E-state index in [-0.39, 0.29) is 12.5 Å². The van der Waals surface area contributed by atoms with Gasteiger partial charge in [0.05, 0.1) is 5.69 Å². The summed E-state index contributed by atoms with van der Waals surface area (Å²) in [5, 5.41) is 3.37. The quantitative estimate of drug-likeness (QED) is 0.741. The van der Waals surface area contributed by atoms with Crippen molar-refractivity contribution in [1.29, 1.82) is 0 Å². The number of carbonyl (C=O) groups is 1. The average Bonchev–Trinajstić information content (AvgIpc) is 2.37. The number of ether oxygens (including phenoxy) is 1. The van der Waals surface area contributed by atoms with Crippen LogP contribution in [0.4, 0.5) is 5.69 Å². The molecule has 1 atom stereocenters. The van der Waals surface area contributed by atoms with Crippen LogP contribution in [-0.2, 0) is 4.79 Å². The molecule has 0 radical (unpaired) electrons. The summed E-state index contributed by atoms with van der Waals surface area (Å²) >= 11 is 1.79. The topological polar surface area (TPSA) is 64.3 Å². The van der Waals surface area contributed by atoms with Crippen molar-refractivity contribution in [1.82, 2.24) is 5.32 Å². The van der Waals surface area contributed by atoms with Gasteiger partial charge in [-0.05, 0) is 24.8 Å². The molecule has 18 heavy (non-hydrogen) atoms. The van der Waals surface area contributed by atoms with Crippen molar-refractivity contribution in [3.8, 4) is 5.75 Å². The molecule has 1 aromatic carbocycles. The third-order valence-electron chi connectivity index (χ3n) is 2.55. The third-order valence-corrected chi connectivity index (χ3v) is 3.59. The number of thioether (sulfide) groups is 1. The van der Waals surface area contributed by atoms with Gasteiger partial charge in [-0.15, -0.1) is 0 Å². The fourth-order valence-electron chi connectivity index (χ4n) is 1.34. The predicted molar refractivity (Wildman–Crippen MR) is 77.0 cm³/mol. The van der Waals surface area contributed by atoms with Crippen LogP contribution in [0.15, 0.2) is 24.3 Å². The maximum Gasteiger partial charge on any atom is 0.257 e. The van der Waals surface area contributed by atoms with E-state index in [1.54, 1.807) is 23.9 Å². The first-order valence-electron chi connectivity index (χ1n) is 5.90. The van der Waals surface area contributed by atoms with Crippen LogP contribution in [0.2, 0.25) is 0 Å². The number of nitrogens with two attached hydrogens (primary N) is 1. The molecule has 0 heterocycles. The van der Waals surface area contributed by atoms with Crippen LogP contribution in [0, 0.1) is 0 Å². The van der Waals surface area contributed by atoms with E-state index in [2.05, 4.69) is 18.5 Å². The molecule has 100 valence electrons. The summed E-state index contributed by atoms with van der Waals surface area (Å²) in [6, 6.07) is 7.14. The normalized spacial score (nSPS) is 11.9. The number of anilines is 1. The summed E-state index contributed by atoms with van der Waals surface area (Å²) in [6.07, 6.45) is 3.02. The number of hydrogen-bond acceptors (Lipinski definition) is 4. The molecule has 1 amide bonds. The molecule has 5 heteroatoms. The van der Waals surface area contributed by atoms with Crippen LogP contribution in [0.5, 0.6) is 5.75 Å². The first-order chi connectivity index (χ1) is 8.63. The Kier molecular flexibility index (Phi) is 6.43. The van der Waals surface area contributed by atoms with Gasteiger partial charge < -0.3 is 15.8 Å². The molecule has 1 aromatic rings. The Bertz CT molecular complexity index is 385. The highest BCUT2D eigenvalue weighted by molar-refractivity contribution is 7.99. The largest absolute Gasteiger partial charge is 0.482 e. The highest BCUT2D eigenvalue weighted by atomic mass is 32.2. The Morgan fingerprint density at radius 3 is 2.89 bits per heavy atom. The summed E-state index contributed by atoms with van der Waals surface area (Å²) in [5.41, 5.74) is 6.25. The maximum atomic E-state index is 11.5. The summed E-state index contributed by atoms with van der Waals surface area (Å²) < 4.78 is 5.34. The van der Waals surface area contributed by atoms with Crippen molar-refractivity contribution in [3.63, 3.8) is 0 Å². The van der Waals surface area contributed by atoms with Gasteiger partial charge in [0.2, 0.25) is 0 Å². The van der Waals surface area contributed by atoms with Crippen molar-refractivity contribution >= 4 is 23.4 Å². The van der Waals surface area contributed by atoms with Crippen molar-refractivity contribution in [2.75, 3.05) is 25.1 Å². The number of nitrogens with one attached hydrogen (secondary N) is 1. The molecule has 0 saturated heterocycles. The second kappa shape index (κ2) is 7.87. The first kappa shape index (κ1) is 14.7. The third kappa shape index (κ3) is 5.31. The molecule has 0 aliphatic heterocycles. The number of benzene rings is 1. The van der Waals surface area contributed by atoms with Crippen molar-refractivity contribution in [2.24, 2.45) is 0 Å². The molecule has 0 aromatic heterocycles. The van der Waals surface area contributed by atoms with Gasteiger partial charge in [0.15, 0.2) is 6.61 Å². The van der Waals surface area contributed by atoms with E-state index in [1.165, 1.54) is 0 Å². The van der Waals surface area contributed by atoms with Gasteiger partial charge in [0.25, 0.3) is 5.91 Å². The molecular formula is C13H20N2O2S. The minimum atomic E-state index is -0.119. The zero-order valence-corrected chi connectivity index (χ0v) is 11.6. The summed E-state index contributed by atoms with van der Waals surface area (Å²) in [6.45, 7) is 2.81. The number of hydrogen-bond donors (Lipinski definition) is 2. The van der Waals surface area contributed by atoms with Gasteiger partial charge in [-0.3, -0.25) is 4.79 Å². The Morgan fingerprint density at radius 2 is 2.22 bits per heavy atom. The van der Waals surface area contributed by atoms with E-state index < -0.39 is 0 Å². The Labute approximate surface area is 112 Å². The minimum Gasteiger partial charge on any atom is -0.482 e. The molecule has 1 rings (SSSR count). The lowest BCUT2D eigenvalue weighted by Gasteiger charge is -2.10. The van der Waals surface area contributed by atoms with Crippen LogP contribution in [0.1, 0.15) is 13.3 Å². The zero-order valence-electron chi connectivity index (χ0n) is 10.8. The smallest absolute Gasteiger partial charge is 0.257 e. The van der Waals surface area contributed by atoms with Crippen molar-refractivity contribution < 1.29 is 9.53 Å². The van der Waals surface area contributed by atoms with Crippen LogP contribution in [0.3, 0.4) is 0 Å². The average molecular weight is 268 g/mol. The number of para-hydroxylation sites is 2. The van der Waals surface area contributed by atoms with Gasteiger partial charge in [-0.1, -0.05) is 19.1 Å². The summed E-state index contributed by atoms with van der Waals surface area (Å²) in [7, 11) is 0. The van der Waals surface area contributed by atoms with E-state index >= 15 is 0 Å². The lowest BCUT2D eigenvalue weighted by Crippen LogP contribution is -2.30. The maximum absolute atomic E-state index is 11.5. The van der Waals surface area contributed by atoms with Gasteiger partial charge >= 0.3 is 0 Å². The van der Waals surface area contributed by atoms with E-state index in [4.69, 9.17) is 10.5 Å². The van der Waals surface area contributed by atoms with E-state index in [0.717, 1.165) is 6.42 Å². The van der Waals surface area contributed by atoms with E-state index in [0.29, 0.717) is 23.2 Å². The fourth-order valence-corrected chi connectivity index (χ4v) is 1.69. The number of carbonyl (C=O) groups excluding carboxylic acids is 1. The van der Waals surface area contributed by atoms with Crippen LogP contribution in [0.25, 0.3) is 0 Å². The highest BCUT2D eigenvalue weighted by Gasteiger charge is 2.05. The lowest BCUT2D eigenvalue weighted by atomic mass is 10.3. The fraction of sp³-hybridized carbons (Fsp3) is 0.462. The van der Waals surface area contributed by atoms with Crippen LogP contribution < -0.4 is 15.8 Å². The molecule has 3 N–H and O–H groups in total. The van der Waals surface area contributed by atoms with Gasteiger partial charge in [-0.25, -0.2) is 0 Å². The predicted octanol–water partition coefficient (Wildman–Crippen LogP) is 1.91. The van der Waals surface area contributed by atoms with Crippen LogP contribution in [-0.4, -0.2) is 30.6 Å². The number of amides is 1. The van der Waals surface area contributed by atoms with Gasteiger partial charge in [0.1, 0.15) is 5.75 Å². The lowest BCUT2D eigenvalue weighted by molar-refractivity contribution is -0.123. The minimum absolute atomic E-state index is 0.00185. The number of rotatable bonds is 7. The van der Waals surface area contributed by atoms with Gasteiger partial charge in [-0.2, -0.15) is 11.8 Å². The van der Waals surface area contributed by atoms with E-state index in [1.807, 2.05) is 12.1 Å². The highest BCUT2D eigenvalue weighted by Crippen LogP contribution is 2.19. The first-order valence-corrected chi connectivity index (χ1v) is 7.19. The van der Waals surface area contributed by atoms with Gasteiger partial charge in [0, 0.05) is 11.8 Å².